The van der Waals surface area contributed by atoms with Gasteiger partial charge in [0.2, 0.25) is 6.79 Å². The molecule has 0 atom stereocenters. The number of hydrogen-bond donors (Lipinski definition) is 3. The van der Waals surface area contributed by atoms with E-state index in [4.69, 9.17) is 26.8 Å². The lowest BCUT2D eigenvalue weighted by atomic mass is 10.2. The molecular weight excluding hydrogens is 356 g/mol. The Morgan fingerprint density at radius 2 is 2.08 bits per heavy atom. The summed E-state index contributed by atoms with van der Waals surface area (Å²) in [5.74, 6) is 0.821. The molecule has 8 heteroatoms. The summed E-state index contributed by atoms with van der Waals surface area (Å²) >= 11 is 5.92. The van der Waals surface area contributed by atoms with Crippen molar-refractivity contribution in [1.29, 1.82) is 5.26 Å². The number of anilines is 2. The lowest BCUT2D eigenvalue weighted by Gasteiger charge is -2.07. The number of nitrogens with two attached hydrogens (primary N) is 1. The van der Waals surface area contributed by atoms with E-state index in [0.717, 1.165) is 5.56 Å². The number of carbonyl (C=O) groups excluding carboxylic acids is 1. The lowest BCUT2D eigenvalue weighted by Crippen LogP contribution is -2.16. The fraction of sp³-hybridized carbons (Fsp3) is 0.111. The Hall–Kier alpha value is -3.37. The normalized spacial score (nSPS) is 12.4. The summed E-state index contributed by atoms with van der Waals surface area (Å²) in [5.41, 5.74) is 7.34. The van der Waals surface area contributed by atoms with Crippen LogP contribution in [-0.2, 0) is 11.3 Å². The summed E-state index contributed by atoms with van der Waals surface area (Å²) in [7, 11) is 0. The molecule has 0 spiro atoms. The van der Waals surface area contributed by atoms with E-state index in [2.05, 4.69) is 10.6 Å². The van der Waals surface area contributed by atoms with Crippen LogP contribution in [0.15, 0.2) is 48.2 Å². The number of nitrogens with zero attached hydrogens (tertiary/aromatic N) is 1. The smallest absolute Gasteiger partial charge is 0.267 e. The van der Waals surface area contributed by atoms with Gasteiger partial charge in [0.05, 0.1) is 10.7 Å². The number of fused-ring (bicyclic) bond motifs is 1. The van der Waals surface area contributed by atoms with Crippen molar-refractivity contribution in [3.8, 4) is 17.6 Å². The van der Waals surface area contributed by atoms with Crippen LogP contribution in [0.5, 0.6) is 11.5 Å². The number of carbonyl (C=O) groups is 1. The molecule has 132 valence electrons. The van der Waals surface area contributed by atoms with Crippen LogP contribution in [0.2, 0.25) is 5.02 Å². The zero-order valence-electron chi connectivity index (χ0n) is 13.6. The zero-order valence-corrected chi connectivity index (χ0v) is 14.3. The number of nitriles is 1. The van der Waals surface area contributed by atoms with Gasteiger partial charge in [-0.25, -0.2) is 0 Å². The molecule has 1 amide bonds. The quantitative estimate of drug-likeness (QED) is 0.424. The molecule has 0 fully saturated rings. The first-order chi connectivity index (χ1) is 12.6. The molecule has 2 aromatic rings. The summed E-state index contributed by atoms with van der Waals surface area (Å²) in [6, 6.07) is 12.1. The predicted molar refractivity (Wildman–Crippen MR) is 97.6 cm³/mol. The maximum atomic E-state index is 12.2. The van der Waals surface area contributed by atoms with Gasteiger partial charge < -0.3 is 25.8 Å². The SMILES string of the molecule is N#C/C(=C/NCc1ccc2c(c1)OCO2)C(=O)Nc1ccc(N)c(Cl)c1. The highest BCUT2D eigenvalue weighted by Gasteiger charge is 2.13. The van der Waals surface area contributed by atoms with Gasteiger partial charge in [-0.1, -0.05) is 17.7 Å². The van der Waals surface area contributed by atoms with Crippen molar-refractivity contribution >= 4 is 28.9 Å². The van der Waals surface area contributed by atoms with Crippen LogP contribution in [0.4, 0.5) is 11.4 Å². The number of rotatable bonds is 5. The molecule has 1 aliphatic rings. The van der Waals surface area contributed by atoms with E-state index in [-0.39, 0.29) is 12.4 Å². The van der Waals surface area contributed by atoms with Crippen LogP contribution in [0.1, 0.15) is 5.56 Å². The number of benzene rings is 2. The van der Waals surface area contributed by atoms with Crippen molar-refractivity contribution in [2.75, 3.05) is 17.8 Å². The molecule has 26 heavy (non-hydrogen) atoms. The maximum Gasteiger partial charge on any atom is 0.267 e. The van der Waals surface area contributed by atoms with Gasteiger partial charge in [0.15, 0.2) is 11.5 Å². The van der Waals surface area contributed by atoms with Gasteiger partial charge in [-0.15, -0.1) is 0 Å². The highest BCUT2D eigenvalue weighted by Crippen LogP contribution is 2.32. The molecule has 0 bridgehead atoms. The fourth-order valence-corrected chi connectivity index (χ4v) is 2.45. The molecule has 0 aromatic heterocycles. The number of amides is 1. The highest BCUT2D eigenvalue weighted by molar-refractivity contribution is 6.33. The van der Waals surface area contributed by atoms with Gasteiger partial charge in [-0.3, -0.25) is 4.79 Å². The predicted octanol–water partition coefficient (Wildman–Crippen LogP) is 2.79. The van der Waals surface area contributed by atoms with Gasteiger partial charge in [0, 0.05) is 18.4 Å². The summed E-state index contributed by atoms with van der Waals surface area (Å²) in [6.07, 6.45) is 1.36. The molecule has 1 aliphatic heterocycles. The summed E-state index contributed by atoms with van der Waals surface area (Å²) in [5, 5.41) is 15.1. The van der Waals surface area contributed by atoms with Crippen LogP contribution in [0.25, 0.3) is 0 Å². The standard InChI is InChI=1S/C18H15ClN4O3/c19-14-6-13(2-3-15(14)21)23-18(24)12(7-20)9-22-8-11-1-4-16-17(5-11)26-10-25-16/h1-6,9,22H,8,10,21H2,(H,23,24)/b12-9-. The Kier molecular flexibility index (Phi) is 5.15. The van der Waals surface area contributed by atoms with E-state index in [1.807, 2.05) is 24.3 Å². The van der Waals surface area contributed by atoms with E-state index < -0.39 is 5.91 Å². The van der Waals surface area contributed by atoms with Crippen LogP contribution < -0.4 is 25.8 Å². The Bertz CT molecular complexity index is 921. The van der Waals surface area contributed by atoms with E-state index in [0.29, 0.717) is 34.4 Å². The second kappa shape index (κ2) is 7.68. The molecule has 0 saturated carbocycles. The average Bonchev–Trinajstić information content (AvgIpc) is 3.09. The van der Waals surface area contributed by atoms with Crippen LogP contribution in [0.3, 0.4) is 0 Å². The molecule has 0 unspecified atom stereocenters. The topological polar surface area (TPSA) is 109 Å². The third-order valence-corrected chi connectivity index (χ3v) is 3.94. The minimum atomic E-state index is -0.550. The number of ether oxygens (including phenoxy) is 2. The first-order valence-electron chi connectivity index (χ1n) is 7.65. The molecule has 0 saturated heterocycles. The van der Waals surface area contributed by atoms with E-state index in [1.54, 1.807) is 12.1 Å². The van der Waals surface area contributed by atoms with Crippen LogP contribution in [-0.4, -0.2) is 12.7 Å². The Morgan fingerprint density at radius 3 is 2.85 bits per heavy atom. The van der Waals surface area contributed by atoms with Crippen molar-refractivity contribution in [2.45, 2.75) is 6.54 Å². The Balaban J connectivity index is 1.61. The second-order valence-corrected chi connectivity index (χ2v) is 5.84. The van der Waals surface area contributed by atoms with E-state index >= 15 is 0 Å². The number of nitrogen functional groups attached to an aromatic ring is 1. The minimum absolute atomic E-state index is 0.0707. The largest absolute Gasteiger partial charge is 0.454 e. The van der Waals surface area contributed by atoms with Crippen molar-refractivity contribution in [3.05, 3.63) is 58.8 Å². The van der Waals surface area contributed by atoms with Crippen molar-refractivity contribution < 1.29 is 14.3 Å². The molecule has 7 nitrogen and oxygen atoms in total. The molecule has 0 aliphatic carbocycles. The molecule has 4 N–H and O–H groups in total. The van der Waals surface area contributed by atoms with Gasteiger partial charge in [0.25, 0.3) is 5.91 Å². The summed E-state index contributed by atoms with van der Waals surface area (Å²) < 4.78 is 10.6. The van der Waals surface area contributed by atoms with Crippen molar-refractivity contribution in [1.82, 2.24) is 5.32 Å². The number of nitrogens with one attached hydrogen (secondary N) is 2. The monoisotopic (exact) mass is 370 g/mol. The van der Waals surface area contributed by atoms with Gasteiger partial charge in [-0.05, 0) is 35.9 Å². The second-order valence-electron chi connectivity index (χ2n) is 5.43. The number of hydrogen-bond acceptors (Lipinski definition) is 6. The molecular formula is C18H15ClN4O3. The van der Waals surface area contributed by atoms with E-state index in [1.165, 1.54) is 12.3 Å². The Labute approximate surface area is 155 Å². The molecule has 3 rings (SSSR count). The fourth-order valence-electron chi connectivity index (χ4n) is 2.27. The van der Waals surface area contributed by atoms with Gasteiger partial charge >= 0.3 is 0 Å². The minimum Gasteiger partial charge on any atom is -0.454 e. The zero-order chi connectivity index (χ0) is 18.5. The Morgan fingerprint density at radius 1 is 1.27 bits per heavy atom. The summed E-state index contributed by atoms with van der Waals surface area (Å²) in [6.45, 7) is 0.628. The maximum absolute atomic E-state index is 12.2. The van der Waals surface area contributed by atoms with Crippen molar-refractivity contribution in [3.63, 3.8) is 0 Å². The van der Waals surface area contributed by atoms with Gasteiger partial charge in [0.1, 0.15) is 11.6 Å². The van der Waals surface area contributed by atoms with E-state index in [9.17, 15) is 10.1 Å². The summed E-state index contributed by atoms with van der Waals surface area (Å²) in [4.78, 5) is 12.2. The first kappa shape index (κ1) is 17.5. The van der Waals surface area contributed by atoms with Crippen LogP contribution in [0, 0.1) is 11.3 Å². The van der Waals surface area contributed by atoms with Gasteiger partial charge in [-0.2, -0.15) is 5.26 Å². The molecule has 2 aromatic carbocycles. The third kappa shape index (κ3) is 3.99. The van der Waals surface area contributed by atoms with Crippen LogP contribution >= 0.6 is 11.6 Å². The molecule has 1 heterocycles. The van der Waals surface area contributed by atoms with Crippen molar-refractivity contribution in [2.24, 2.45) is 0 Å². The highest BCUT2D eigenvalue weighted by atomic mass is 35.5. The lowest BCUT2D eigenvalue weighted by molar-refractivity contribution is -0.112. The first-order valence-corrected chi connectivity index (χ1v) is 8.03. The number of halogens is 1. The molecule has 0 radical (unpaired) electrons. The third-order valence-electron chi connectivity index (χ3n) is 3.61. The average molecular weight is 371 g/mol.